The number of aromatic nitrogens is 4. The van der Waals surface area contributed by atoms with Crippen LogP contribution in [-0.2, 0) is 10.0 Å². The summed E-state index contributed by atoms with van der Waals surface area (Å²) in [6.07, 6.45) is 4.55. The highest BCUT2D eigenvalue weighted by Gasteiger charge is 2.23. The molecule has 190 valence electrons. The minimum atomic E-state index is -4.04. The van der Waals surface area contributed by atoms with E-state index in [4.69, 9.17) is 14.2 Å². The molecule has 0 atom stereocenters. The molecule has 37 heavy (non-hydrogen) atoms. The maximum atomic E-state index is 13.1. The van der Waals surface area contributed by atoms with Gasteiger partial charge >= 0.3 is 0 Å². The van der Waals surface area contributed by atoms with Crippen LogP contribution < -0.4 is 18.9 Å². The van der Waals surface area contributed by atoms with Gasteiger partial charge in [0.2, 0.25) is 11.6 Å². The molecule has 0 bridgehead atoms. The molecule has 10 nitrogen and oxygen atoms in total. The first-order valence-corrected chi connectivity index (χ1v) is 12.7. The normalized spacial score (nSPS) is 11.4. The largest absolute Gasteiger partial charge is 0.493 e. The van der Waals surface area contributed by atoms with Gasteiger partial charge in [0.25, 0.3) is 15.9 Å². The maximum Gasteiger partial charge on any atom is 0.263 e. The number of ether oxygens (including phenoxy) is 3. The van der Waals surface area contributed by atoms with Gasteiger partial charge in [-0.2, -0.15) is 4.98 Å². The molecule has 4 rings (SSSR count). The van der Waals surface area contributed by atoms with Crippen LogP contribution in [0.2, 0.25) is 0 Å². The van der Waals surface area contributed by atoms with Gasteiger partial charge < -0.3 is 14.2 Å². The van der Waals surface area contributed by atoms with Gasteiger partial charge in [0.05, 0.1) is 19.6 Å². The Hall–Kier alpha value is -4.51. The molecule has 0 radical (unpaired) electrons. The van der Waals surface area contributed by atoms with Gasteiger partial charge in [-0.1, -0.05) is 35.9 Å². The third-order valence-electron chi connectivity index (χ3n) is 5.17. The summed E-state index contributed by atoms with van der Waals surface area (Å²) in [6.45, 7) is 3.88. The number of nitrogens with zero attached hydrogens (tertiary/aromatic N) is 4. The summed E-state index contributed by atoms with van der Waals surface area (Å²) in [6, 6.07) is 14.3. The second-order valence-corrected chi connectivity index (χ2v) is 9.44. The first-order valence-electron chi connectivity index (χ1n) is 11.1. The second-order valence-electron chi connectivity index (χ2n) is 7.87. The second kappa shape index (κ2) is 11.0. The number of benzene rings is 2. The van der Waals surface area contributed by atoms with E-state index in [9.17, 15) is 8.42 Å². The molecule has 0 fully saturated rings. The molecule has 2 heterocycles. The molecule has 0 aliphatic heterocycles. The molecule has 11 heteroatoms. The van der Waals surface area contributed by atoms with Gasteiger partial charge in [0.1, 0.15) is 0 Å². The lowest BCUT2D eigenvalue weighted by Gasteiger charge is -2.16. The Morgan fingerprint density at radius 3 is 2.27 bits per heavy atom. The predicted octanol–water partition coefficient (Wildman–Crippen LogP) is 4.77. The van der Waals surface area contributed by atoms with E-state index in [0.29, 0.717) is 11.5 Å². The number of hydrogen-bond acceptors (Lipinski definition) is 9. The monoisotopic (exact) mass is 519 g/mol. The van der Waals surface area contributed by atoms with Crippen molar-refractivity contribution >= 4 is 21.9 Å². The Balaban J connectivity index is 1.79. The number of para-hydroxylation sites is 2. The van der Waals surface area contributed by atoms with Gasteiger partial charge in [0.15, 0.2) is 23.1 Å². The Morgan fingerprint density at radius 2 is 1.59 bits per heavy atom. The summed E-state index contributed by atoms with van der Waals surface area (Å²) in [5, 5.41) is 1.06. The topological polar surface area (TPSA) is 125 Å². The molecule has 0 amide bonds. The van der Waals surface area contributed by atoms with E-state index in [1.165, 1.54) is 32.7 Å². The first kappa shape index (κ1) is 25.6. The third-order valence-corrected chi connectivity index (χ3v) is 6.14. The smallest absolute Gasteiger partial charge is 0.263 e. The third kappa shape index (κ3) is 6.19. The lowest BCUT2D eigenvalue weighted by atomic mass is 10.1. The van der Waals surface area contributed by atoms with Crippen LogP contribution in [0.4, 0.5) is 5.82 Å². The van der Waals surface area contributed by atoms with Crippen LogP contribution in [0.25, 0.3) is 17.7 Å². The Bertz CT molecular complexity index is 1540. The van der Waals surface area contributed by atoms with E-state index < -0.39 is 10.0 Å². The molecular formula is C26H25N5O5S. The molecule has 0 spiro atoms. The molecule has 0 unspecified atom stereocenters. The maximum absolute atomic E-state index is 13.1. The Labute approximate surface area is 215 Å². The zero-order valence-electron chi connectivity index (χ0n) is 20.7. The minimum absolute atomic E-state index is 0.0283. The van der Waals surface area contributed by atoms with Crippen LogP contribution in [0.15, 0.2) is 66.3 Å². The van der Waals surface area contributed by atoms with E-state index in [-0.39, 0.29) is 29.1 Å². The number of methoxy groups -OCH3 is 2. The standard InChI is InChI=1S/C26H25N5O5S/c1-17-10-11-19(18(2)16-17)12-15-37(32,33)31-23-22(36-21-9-6-5-8-20(21)34-3)26(35-4)30-25(29-23)24-27-13-7-14-28-24/h5-16H,1-4H3,(H,29,30,31)/b15-12+. The average Bonchev–Trinajstić information content (AvgIpc) is 2.89. The van der Waals surface area contributed by atoms with E-state index in [1.54, 1.807) is 30.3 Å². The molecule has 0 aliphatic rings. The molecule has 0 aliphatic carbocycles. The summed E-state index contributed by atoms with van der Waals surface area (Å²) in [5.74, 6) is 0.697. The number of aryl methyl sites for hydroxylation is 2. The van der Waals surface area contributed by atoms with Gasteiger partial charge in [-0.25, -0.2) is 23.4 Å². The summed E-state index contributed by atoms with van der Waals surface area (Å²) in [5.41, 5.74) is 2.79. The van der Waals surface area contributed by atoms with Crippen LogP contribution in [0.3, 0.4) is 0 Å². The predicted molar refractivity (Wildman–Crippen MR) is 140 cm³/mol. The van der Waals surface area contributed by atoms with Crippen molar-refractivity contribution in [1.29, 1.82) is 0 Å². The summed E-state index contributed by atoms with van der Waals surface area (Å²) in [7, 11) is -1.17. The van der Waals surface area contributed by atoms with Crippen molar-refractivity contribution in [1.82, 2.24) is 19.9 Å². The Morgan fingerprint density at radius 1 is 0.865 bits per heavy atom. The summed E-state index contributed by atoms with van der Waals surface area (Å²) < 4.78 is 45.5. The van der Waals surface area contributed by atoms with Gasteiger partial charge in [-0.3, -0.25) is 4.72 Å². The fraction of sp³-hybridized carbons (Fsp3) is 0.154. The van der Waals surface area contributed by atoms with Gasteiger partial charge in [-0.15, -0.1) is 0 Å². The molecule has 1 N–H and O–H groups in total. The zero-order valence-corrected chi connectivity index (χ0v) is 21.5. The van der Waals surface area contributed by atoms with Gasteiger partial charge in [0, 0.05) is 12.4 Å². The molecule has 4 aromatic rings. The fourth-order valence-electron chi connectivity index (χ4n) is 3.40. The number of hydrogen-bond donors (Lipinski definition) is 1. The quantitative estimate of drug-likeness (QED) is 0.333. The lowest BCUT2D eigenvalue weighted by molar-refractivity contribution is 0.348. The number of sulfonamides is 1. The van der Waals surface area contributed by atoms with E-state index in [1.807, 2.05) is 32.0 Å². The van der Waals surface area contributed by atoms with Crippen LogP contribution in [-0.4, -0.2) is 42.6 Å². The highest BCUT2D eigenvalue weighted by atomic mass is 32.2. The SMILES string of the molecule is COc1ccccc1Oc1c(NS(=O)(=O)/C=C/c2ccc(C)cc2C)nc(-c2ncccn2)nc1OC. The minimum Gasteiger partial charge on any atom is -0.493 e. The van der Waals surface area contributed by atoms with E-state index in [0.717, 1.165) is 22.1 Å². The van der Waals surface area contributed by atoms with Crippen LogP contribution >= 0.6 is 0 Å². The summed E-state index contributed by atoms with van der Waals surface area (Å²) >= 11 is 0. The number of nitrogens with one attached hydrogen (secondary N) is 1. The van der Waals surface area contributed by atoms with Crippen molar-refractivity contribution in [3.63, 3.8) is 0 Å². The van der Waals surface area contributed by atoms with Crippen LogP contribution in [0.5, 0.6) is 23.1 Å². The fourth-order valence-corrected chi connectivity index (χ4v) is 4.20. The van der Waals surface area contributed by atoms with Crippen molar-refractivity contribution in [3.8, 4) is 34.8 Å². The van der Waals surface area contributed by atoms with Crippen molar-refractivity contribution < 1.29 is 22.6 Å². The number of anilines is 1. The molecular weight excluding hydrogens is 494 g/mol. The highest BCUT2D eigenvalue weighted by molar-refractivity contribution is 7.95. The molecule has 0 saturated carbocycles. The molecule has 2 aromatic heterocycles. The first-order chi connectivity index (χ1) is 17.8. The van der Waals surface area contributed by atoms with Crippen LogP contribution in [0, 0.1) is 13.8 Å². The number of rotatable bonds is 9. The van der Waals surface area contributed by atoms with Crippen LogP contribution in [0.1, 0.15) is 16.7 Å². The van der Waals surface area contributed by atoms with Crippen molar-refractivity contribution in [2.24, 2.45) is 0 Å². The molecule has 0 saturated heterocycles. The van der Waals surface area contributed by atoms with Crippen molar-refractivity contribution in [2.45, 2.75) is 13.8 Å². The summed E-state index contributed by atoms with van der Waals surface area (Å²) in [4.78, 5) is 17.0. The van der Waals surface area contributed by atoms with Crippen molar-refractivity contribution in [2.75, 3.05) is 18.9 Å². The zero-order chi connectivity index (χ0) is 26.4. The average molecular weight is 520 g/mol. The van der Waals surface area contributed by atoms with Gasteiger partial charge in [-0.05, 0) is 49.2 Å². The van der Waals surface area contributed by atoms with E-state index >= 15 is 0 Å². The van der Waals surface area contributed by atoms with E-state index in [2.05, 4.69) is 24.7 Å². The lowest BCUT2D eigenvalue weighted by Crippen LogP contribution is -2.13. The Kier molecular flexibility index (Phi) is 7.63. The molecule has 2 aromatic carbocycles. The van der Waals surface area contributed by atoms with Crippen molar-refractivity contribution in [3.05, 3.63) is 83.0 Å². The highest BCUT2D eigenvalue weighted by Crippen LogP contribution is 2.40.